The molecule has 0 aliphatic heterocycles. The van der Waals surface area contributed by atoms with Crippen LogP contribution >= 0.6 is 11.3 Å². The molecule has 7 heteroatoms. The molecule has 0 aliphatic carbocycles. The van der Waals surface area contributed by atoms with E-state index in [1.807, 2.05) is 0 Å². The summed E-state index contributed by atoms with van der Waals surface area (Å²) >= 11 is 1.42. The second kappa shape index (κ2) is 6.01. The fourth-order valence-electron chi connectivity index (χ4n) is 1.73. The normalized spacial score (nSPS) is 13.3. The minimum absolute atomic E-state index is 0.0602. The molecule has 0 radical (unpaired) electrons. The van der Waals surface area contributed by atoms with Gasteiger partial charge in [-0.1, -0.05) is 6.07 Å². The average Bonchev–Trinajstić information content (AvgIpc) is 2.93. The highest BCUT2D eigenvalue weighted by molar-refractivity contribution is 7.89. The van der Waals surface area contributed by atoms with E-state index < -0.39 is 21.9 Å². The Morgan fingerprint density at radius 2 is 2.15 bits per heavy atom. The number of hydrogen-bond acceptors (Lipinski definition) is 4. The summed E-state index contributed by atoms with van der Waals surface area (Å²) in [5, 5.41) is 13.4. The Balaban J connectivity index is 2.14. The summed E-state index contributed by atoms with van der Waals surface area (Å²) < 4.78 is 39.9. The van der Waals surface area contributed by atoms with Crippen LogP contribution < -0.4 is 4.72 Å². The predicted molar refractivity (Wildman–Crippen MR) is 75.6 cm³/mol. The third-order valence-corrected chi connectivity index (χ3v) is 5.17. The standard InChI is InChI=1S/C13H14FNO3S2/c1-9-11(14)3-2-4-13(9)20(17,18)15-7-12(16)10-5-6-19-8-10/h2-6,8,12,15-16H,7H2,1H3/t12-/m0/s1. The molecule has 0 amide bonds. The molecule has 2 aromatic rings. The van der Waals surface area contributed by atoms with Crippen LogP contribution in [0.1, 0.15) is 17.2 Å². The molecule has 0 fully saturated rings. The van der Waals surface area contributed by atoms with Gasteiger partial charge in [0.25, 0.3) is 0 Å². The van der Waals surface area contributed by atoms with E-state index in [2.05, 4.69) is 4.72 Å². The number of sulfonamides is 1. The van der Waals surface area contributed by atoms with Crippen LogP contribution in [0.4, 0.5) is 4.39 Å². The smallest absolute Gasteiger partial charge is 0.241 e. The molecule has 4 nitrogen and oxygen atoms in total. The first-order valence-electron chi connectivity index (χ1n) is 5.87. The van der Waals surface area contributed by atoms with Crippen LogP contribution in [-0.4, -0.2) is 20.1 Å². The van der Waals surface area contributed by atoms with Gasteiger partial charge in [0.15, 0.2) is 0 Å². The molecule has 0 saturated carbocycles. The molecule has 0 spiro atoms. The maximum absolute atomic E-state index is 13.4. The van der Waals surface area contributed by atoms with Crippen LogP contribution in [0.2, 0.25) is 0 Å². The Morgan fingerprint density at radius 3 is 2.80 bits per heavy atom. The molecular formula is C13H14FNO3S2. The number of rotatable bonds is 5. The van der Waals surface area contributed by atoms with Gasteiger partial charge in [-0.25, -0.2) is 17.5 Å². The van der Waals surface area contributed by atoms with E-state index in [0.29, 0.717) is 5.56 Å². The van der Waals surface area contributed by atoms with Gasteiger partial charge in [-0.3, -0.25) is 0 Å². The van der Waals surface area contributed by atoms with Crippen molar-refractivity contribution >= 4 is 21.4 Å². The first kappa shape index (κ1) is 15.1. The number of aliphatic hydroxyl groups excluding tert-OH is 1. The van der Waals surface area contributed by atoms with Gasteiger partial charge in [0.1, 0.15) is 5.82 Å². The molecule has 0 bridgehead atoms. The molecule has 0 saturated heterocycles. The quantitative estimate of drug-likeness (QED) is 0.889. The Bertz CT molecular complexity index is 684. The molecular weight excluding hydrogens is 301 g/mol. The van der Waals surface area contributed by atoms with Crippen molar-refractivity contribution in [3.8, 4) is 0 Å². The van der Waals surface area contributed by atoms with Gasteiger partial charge < -0.3 is 5.11 Å². The fourth-order valence-corrected chi connectivity index (χ4v) is 3.73. The van der Waals surface area contributed by atoms with Crippen molar-refractivity contribution in [2.45, 2.75) is 17.9 Å². The summed E-state index contributed by atoms with van der Waals surface area (Å²) in [6.45, 7) is 1.24. The van der Waals surface area contributed by atoms with Gasteiger partial charge >= 0.3 is 0 Å². The van der Waals surface area contributed by atoms with E-state index in [0.717, 1.165) is 0 Å². The van der Waals surface area contributed by atoms with Crippen molar-refractivity contribution in [3.63, 3.8) is 0 Å². The van der Waals surface area contributed by atoms with Crippen molar-refractivity contribution in [2.75, 3.05) is 6.54 Å². The summed E-state index contributed by atoms with van der Waals surface area (Å²) in [5.74, 6) is -0.578. The zero-order chi connectivity index (χ0) is 14.8. The molecule has 1 heterocycles. The molecule has 1 aromatic carbocycles. The van der Waals surface area contributed by atoms with E-state index in [1.165, 1.54) is 36.5 Å². The van der Waals surface area contributed by atoms with Gasteiger partial charge in [-0.05, 0) is 41.4 Å². The van der Waals surface area contributed by atoms with Crippen molar-refractivity contribution in [3.05, 3.63) is 52.0 Å². The topological polar surface area (TPSA) is 66.4 Å². The number of halogens is 1. The molecule has 2 rings (SSSR count). The third kappa shape index (κ3) is 3.24. The zero-order valence-corrected chi connectivity index (χ0v) is 12.3. The summed E-state index contributed by atoms with van der Waals surface area (Å²) in [5.41, 5.74) is 0.707. The molecule has 0 aliphatic rings. The van der Waals surface area contributed by atoms with Crippen LogP contribution in [0.25, 0.3) is 0 Å². The maximum atomic E-state index is 13.4. The number of aliphatic hydroxyl groups is 1. The predicted octanol–water partition coefficient (Wildman–Crippen LogP) is 2.21. The number of benzene rings is 1. The van der Waals surface area contributed by atoms with Gasteiger partial charge in [0.05, 0.1) is 11.0 Å². The van der Waals surface area contributed by atoms with E-state index in [1.54, 1.807) is 16.8 Å². The highest BCUT2D eigenvalue weighted by atomic mass is 32.2. The minimum atomic E-state index is -3.85. The Morgan fingerprint density at radius 1 is 1.40 bits per heavy atom. The van der Waals surface area contributed by atoms with Gasteiger partial charge in [0.2, 0.25) is 10.0 Å². The maximum Gasteiger partial charge on any atom is 0.241 e. The lowest BCUT2D eigenvalue weighted by Gasteiger charge is -2.12. The first-order chi connectivity index (χ1) is 9.42. The second-order valence-corrected chi connectivity index (χ2v) is 6.80. The lowest BCUT2D eigenvalue weighted by Crippen LogP contribution is -2.29. The monoisotopic (exact) mass is 315 g/mol. The molecule has 1 atom stereocenters. The van der Waals surface area contributed by atoms with Crippen molar-refractivity contribution < 1.29 is 17.9 Å². The average molecular weight is 315 g/mol. The Kier molecular flexibility index (Phi) is 4.54. The Labute approximate surface area is 120 Å². The molecule has 0 unspecified atom stereocenters. The summed E-state index contributed by atoms with van der Waals surface area (Å²) in [6, 6.07) is 5.59. The van der Waals surface area contributed by atoms with Crippen molar-refractivity contribution in [1.82, 2.24) is 4.72 Å². The summed E-state index contributed by atoms with van der Waals surface area (Å²) in [6.07, 6.45) is -0.926. The summed E-state index contributed by atoms with van der Waals surface area (Å²) in [7, 11) is -3.85. The highest BCUT2D eigenvalue weighted by Crippen LogP contribution is 2.19. The van der Waals surface area contributed by atoms with Crippen LogP contribution in [0.15, 0.2) is 39.9 Å². The highest BCUT2D eigenvalue weighted by Gasteiger charge is 2.20. The SMILES string of the molecule is Cc1c(F)cccc1S(=O)(=O)NC[C@H](O)c1ccsc1. The molecule has 1 aromatic heterocycles. The van der Waals surface area contributed by atoms with Gasteiger partial charge in [-0.15, -0.1) is 0 Å². The first-order valence-corrected chi connectivity index (χ1v) is 8.29. The van der Waals surface area contributed by atoms with Gasteiger partial charge in [0, 0.05) is 12.1 Å². The molecule has 108 valence electrons. The van der Waals surface area contributed by atoms with Crippen LogP contribution in [0, 0.1) is 12.7 Å². The number of hydrogen-bond donors (Lipinski definition) is 2. The fraction of sp³-hybridized carbons (Fsp3) is 0.231. The van der Waals surface area contributed by atoms with Crippen LogP contribution in [0.3, 0.4) is 0 Å². The van der Waals surface area contributed by atoms with Crippen LogP contribution in [0.5, 0.6) is 0 Å². The molecule has 2 N–H and O–H groups in total. The lowest BCUT2D eigenvalue weighted by molar-refractivity contribution is 0.182. The van der Waals surface area contributed by atoms with E-state index in [-0.39, 0.29) is 17.0 Å². The van der Waals surface area contributed by atoms with E-state index in [4.69, 9.17) is 0 Å². The van der Waals surface area contributed by atoms with Crippen molar-refractivity contribution in [2.24, 2.45) is 0 Å². The number of nitrogens with one attached hydrogen (secondary N) is 1. The minimum Gasteiger partial charge on any atom is -0.387 e. The van der Waals surface area contributed by atoms with Crippen LogP contribution in [-0.2, 0) is 10.0 Å². The Hall–Kier alpha value is -1.28. The zero-order valence-electron chi connectivity index (χ0n) is 10.7. The lowest BCUT2D eigenvalue weighted by atomic mass is 10.2. The van der Waals surface area contributed by atoms with Gasteiger partial charge in [-0.2, -0.15) is 11.3 Å². The molecule has 20 heavy (non-hydrogen) atoms. The number of thiophene rings is 1. The second-order valence-electron chi connectivity index (χ2n) is 4.29. The summed E-state index contributed by atoms with van der Waals surface area (Å²) in [4.78, 5) is -0.116. The third-order valence-electron chi connectivity index (χ3n) is 2.90. The van der Waals surface area contributed by atoms with Crippen molar-refractivity contribution in [1.29, 1.82) is 0 Å². The van der Waals surface area contributed by atoms with E-state index in [9.17, 15) is 17.9 Å². The van der Waals surface area contributed by atoms with E-state index >= 15 is 0 Å². The largest absolute Gasteiger partial charge is 0.387 e.